The van der Waals surface area contributed by atoms with E-state index in [2.05, 4.69) is 10.2 Å². The Labute approximate surface area is 88.1 Å². The predicted octanol–water partition coefficient (Wildman–Crippen LogP) is 1.98. The first-order valence-electron chi connectivity index (χ1n) is 4.66. The van der Waals surface area contributed by atoms with Crippen LogP contribution in [0.25, 0.3) is 11.3 Å². The summed E-state index contributed by atoms with van der Waals surface area (Å²) < 4.78 is 5.08. The Morgan fingerprint density at radius 2 is 2.13 bits per heavy atom. The van der Waals surface area contributed by atoms with Crippen molar-refractivity contribution >= 4 is 5.69 Å². The summed E-state index contributed by atoms with van der Waals surface area (Å²) >= 11 is 0. The van der Waals surface area contributed by atoms with Crippen LogP contribution in [-0.4, -0.2) is 17.3 Å². The molecule has 2 rings (SSSR count). The van der Waals surface area contributed by atoms with Gasteiger partial charge in [0, 0.05) is 23.0 Å². The molecule has 0 aliphatic heterocycles. The smallest absolute Gasteiger partial charge is 0.120 e. The van der Waals surface area contributed by atoms with E-state index in [1.165, 1.54) is 0 Å². The van der Waals surface area contributed by atoms with E-state index >= 15 is 0 Å². The van der Waals surface area contributed by atoms with Crippen LogP contribution in [0.1, 0.15) is 5.69 Å². The van der Waals surface area contributed by atoms with Crippen molar-refractivity contribution in [2.75, 3.05) is 12.8 Å². The van der Waals surface area contributed by atoms with E-state index < -0.39 is 0 Å². The topological polar surface area (TPSA) is 63.9 Å². The van der Waals surface area contributed by atoms with Crippen LogP contribution in [0.3, 0.4) is 0 Å². The third-order valence-corrected chi connectivity index (χ3v) is 2.24. The maximum absolute atomic E-state index is 5.90. The summed E-state index contributed by atoms with van der Waals surface area (Å²) in [5.41, 5.74) is 9.36. The second-order valence-electron chi connectivity index (χ2n) is 3.39. The molecule has 0 aliphatic carbocycles. The van der Waals surface area contributed by atoms with Gasteiger partial charge in [0.2, 0.25) is 0 Å². The van der Waals surface area contributed by atoms with Crippen molar-refractivity contribution in [3.05, 3.63) is 30.0 Å². The summed E-state index contributed by atoms with van der Waals surface area (Å²) in [5, 5.41) is 7.04. The van der Waals surface area contributed by atoms with Crippen molar-refractivity contribution in [3.8, 4) is 17.0 Å². The van der Waals surface area contributed by atoms with Crippen LogP contribution in [0.5, 0.6) is 5.75 Å². The molecule has 0 saturated carbocycles. The number of ether oxygens (including phenoxy) is 1. The number of nitrogens with two attached hydrogens (primary N) is 1. The summed E-state index contributed by atoms with van der Waals surface area (Å²) in [5.74, 6) is 0.753. The van der Waals surface area contributed by atoms with Crippen LogP contribution in [0, 0.1) is 6.92 Å². The standard InChI is InChI=1S/C11H13N3O/c1-7-5-11(14-13-7)9-4-3-8(15-2)6-10(9)12/h3-6H,12H2,1-2H3,(H,13,14). The summed E-state index contributed by atoms with van der Waals surface area (Å²) in [4.78, 5) is 0. The Balaban J connectivity index is 2.45. The fourth-order valence-corrected chi connectivity index (χ4v) is 1.46. The molecule has 0 amide bonds. The molecule has 0 radical (unpaired) electrons. The molecule has 1 aromatic heterocycles. The van der Waals surface area contributed by atoms with Crippen LogP contribution in [0.2, 0.25) is 0 Å². The van der Waals surface area contributed by atoms with Crippen LogP contribution >= 0.6 is 0 Å². The van der Waals surface area contributed by atoms with Crippen molar-refractivity contribution in [1.29, 1.82) is 0 Å². The maximum atomic E-state index is 5.90. The van der Waals surface area contributed by atoms with Crippen LogP contribution < -0.4 is 10.5 Å². The molecule has 0 saturated heterocycles. The van der Waals surface area contributed by atoms with Crippen molar-refractivity contribution < 1.29 is 4.74 Å². The molecule has 0 atom stereocenters. The molecule has 2 aromatic rings. The van der Waals surface area contributed by atoms with E-state index in [4.69, 9.17) is 10.5 Å². The summed E-state index contributed by atoms with van der Waals surface area (Å²) in [6, 6.07) is 7.52. The van der Waals surface area contributed by atoms with E-state index in [1.807, 2.05) is 25.1 Å². The summed E-state index contributed by atoms with van der Waals surface area (Å²) in [6.07, 6.45) is 0. The minimum atomic E-state index is 0.667. The molecule has 15 heavy (non-hydrogen) atoms. The lowest BCUT2D eigenvalue weighted by Crippen LogP contribution is -1.92. The highest BCUT2D eigenvalue weighted by Crippen LogP contribution is 2.28. The summed E-state index contributed by atoms with van der Waals surface area (Å²) in [6.45, 7) is 1.95. The molecule has 1 heterocycles. The first-order valence-corrected chi connectivity index (χ1v) is 4.66. The van der Waals surface area contributed by atoms with Crippen molar-refractivity contribution in [1.82, 2.24) is 10.2 Å². The predicted molar refractivity (Wildman–Crippen MR) is 59.7 cm³/mol. The number of aryl methyl sites for hydroxylation is 1. The highest BCUT2D eigenvalue weighted by Gasteiger charge is 2.06. The zero-order chi connectivity index (χ0) is 10.8. The maximum Gasteiger partial charge on any atom is 0.120 e. The van der Waals surface area contributed by atoms with Gasteiger partial charge in [-0.2, -0.15) is 5.10 Å². The normalized spacial score (nSPS) is 10.3. The van der Waals surface area contributed by atoms with E-state index in [1.54, 1.807) is 13.2 Å². The van der Waals surface area contributed by atoms with E-state index in [0.29, 0.717) is 5.69 Å². The molecule has 3 N–H and O–H groups in total. The number of H-pyrrole nitrogens is 1. The van der Waals surface area contributed by atoms with Gasteiger partial charge in [-0.15, -0.1) is 0 Å². The molecule has 4 heteroatoms. The average molecular weight is 203 g/mol. The largest absolute Gasteiger partial charge is 0.497 e. The molecule has 4 nitrogen and oxygen atoms in total. The van der Waals surface area contributed by atoms with Gasteiger partial charge in [-0.25, -0.2) is 0 Å². The molecule has 0 fully saturated rings. The number of nitrogens with one attached hydrogen (secondary N) is 1. The highest BCUT2D eigenvalue weighted by molar-refractivity contribution is 5.75. The summed E-state index contributed by atoms with van der Waals surface area (Å²) in [7, 11) is 1.62. The Hall–Kier alpha value is -1.97. The van der Waals surface area contributed by atoms with Crippen LogP contribution in [0.4, 0.5) is 5.69 Å². The molecule has 0 bridgehead atoms. The molecule has 78 valence electrons. The molecule has 0 spiro atoms. The van der Waals surface area contributed by atoms with E-state index in [9.17, 15) is 0 Å². The minimum absolute atomic E-state index is 0.667. The fraction of sp³-hybridized carbons (Fsp3) is 0.182. The number of rotatable bonds is 2. The fourth-order valence-electron chi connectivity index (χ4n) is 1.46. The zero-order valence-electron chi connectivity index (χ0n) is 8.74. The Bertz CT molecular complexity index is 476. The second-order valence-corrected chi connectivity index (χ2v) is 3.39. The van der Waals surface area contributed by atoms with Gasteiger partial charge in [-0.1, -0.05) is 0 Å². The number of hydrogen-bond donors (Lipinski definition) is 2. The Kier molecular flexibility index (Phi) is 2.33. The number of benzene rings is 1. The van der Waals surface area contributed by atoms with Crippen molar-refractivity contribution in [2.24, 2.45) is 0 Å². The number of hydrogen-bond acceptors (Lipinski definition) is 3. The molecule has 1 aromatic carbocycles. The van der Waals surface area contributed by atoms with Crippen molar-refractivity contribution in [3.63, 3.8) is 0 Å². The Morgan fingerprint density at radius 1 is 1.33 bits per heavy atom. The van der Waals surface area contributed by atoms with Gasteiger partial charge < -0.3 is 10.5 Å². The number of aromatic amines is 1. The van der Waals surface area contributed by atoms with Crippen molar-refractivity contribution in [2.45, 2.75) is 6.92 Å². The first kappa shape index (κ1) is 9.58. The lowest BCUT2D eigenvalue weighted by Gasteiger charge is -2.04. The monoisotopic (exact) mass is 203 g/mol. The number of methoxy groups -OCH3 is 1. The number of nitrogen functional groups attached to an aromatic ring is 1. The number of aromatic nitrogens is 2. The third-order valence-electron chi connectivity index (χ3n) is 2.24. The van der Waals surface area contributed by atoms with Gasteiger partial charge in [0.1, 0.15) is 5.75 Å². The van der Waals surface area contributed by atoms with Gasteiger partial charge in [-0.05, 0) is 25.1 Å². The quantitative estimate of drug-likeness (QED) is 0.733. The second kappa shape index (κ2) is 3.65. The zero-order valence-corrected chi connectivity index (χ0v) is 8.74. The number of anilines is 1. The molecule has 0 aliphatic rings. The Morgan fingerprint density at radius 3 is 2.67 bits per heavy atom. The van der Waals surface area contributed by atoms with E-state index in [-0.39, 0.29) is 0 Å². The van der Waals surface area contributed by atoms with E-state index in [0.717, 1.165) is 22.7 Å². The van der Waals surface area contributed by atoms with Crippen LogP contribution in [-0.2, 0) is 0 Å². The number of nitrogens with zero attached hydrogens (tertiary/aromatic N) is 1. The van der Waals surface area contributed by atoms with Crippen LogP contribution in [0.15, 0.2) is 24.3 Å². The van der Waals surface area contributed by atoms with Gasteiger partial charge in [0.25, 0.3) is 0 Å². The molecule has 0 unspecified atom stereocenters. The SMILES string of the molecule is COc1ccc(-c2cc(C)[nH]n2)c(N)c1. The van der Waals surface area contributed by atoms with Gasteiger partial charge >= 0.3 is 0 Å². The molecular weight excluding hydrogens is 190 g/mol. The third kappa shape index (κ3) is 1.79. The van der Waals surface area contributed by atoms with Gasteiger partial charge in [-0.3, -0.25) is 5.10 Å². The molecular formula is C11H13N3O. The lowest BCUT2D eigenvalue weighted by molar-refractivity contribution is 0.415. The minimum Gasteiger partial charge on any atom is -0.497 e. The van der Waals surface area contributed by atoms with Gasteiger partial charge in [0.05, 0.1) is 12.8 Å². The van der Waals surface area contributed by atoms with Gasteiger partial charge in [0.15, 0.2) is 0 Å². The highest BCUT2D eigenvalue weighted by atomic mass is 16.5. The first-order chi connectivity index (χ1) is 7.20. The lowest BCUT2D eigenvalue weighted by atomic mass is 10.1. The average Bonchev–Trinajstić information content (AvgIpc) is 2.64.